The van der Waals surface area contributed by atoms with E-state index in [1.807, 2.05) is 12.2 Å². The van der Waals surface area contributed by atoms with Crippen molar-refractivity contribution in [2.45, 2.75) is 101 Å². The number of aryl methyl sites for hydroxylation is 2. The lowest BCUT2D eigenvalue weighted by Gasteiger charge is -2.29. The molecule has 52 heavy (non-hydrogen) atoms. The lowest BCUT2D eigenvalue weighted by Crippen LogP contribution is -2.58. The number of amides is 4. The number of allylic oxidation sites excluding steroid dienone is 1. The highest BCUT2D eigenvalue weighted by Gasteiger charge is 2.62. The zero-order valence-corrected chi connectivity index (χ0v) is 29.6. The van der Waals surface area contributed by atoms with Gasteiger partial charge in [0.2, 0.25) is 27.7 Å². The zero-order valence-electron chi connectivity index (χ0n) is 28.8. The fraction of sp³-hybridized carbons (Fsp3) is 0.514. The van der Waals surface area contributed by atoms with Crippen LogP contribution in [0, 0.1) is 25.6 Å². The Kier molecular flexibility index (Phi) is 9.48. The van der Waals surface area contributed by atoms with Crippen molar-refractivity contribution in [2.75, 3.05) is 6.54 Å². The van der Waals surface area contributed by atoms with Crippen LogP contribution < -0.4 is 20.1 Å². The van der Waals surface area contributed by atoms with Gasteiger partial charge in [-0.25, -0.2) is 22.8 Å². The Labute approximate surface area is 299 Å². The molecule has 17 heteroatoms. The van der Waals surface area contributed by atoms with E-state index in [9.17, 15) is 32.0 Å². The normalized spacial score (nSPS) is 27.4. The summed E-state index contributed by atoms with van der Waals surface area (Å²) >= 11 is 0. The third-order valence-electron chi connectivity index (χ3n) is 10.1. The molecule has 0 unspecified atom stereocenters. The molecule has 2 aromatic heterocycles. The van der Waals surface area contributed by atoms with Crippen LogP contribution in [0.5, 0.6) is 5.88 Å². The van der Waals surface area contributed by atoms with Crippen molar-refractivity contribution in [3.05, 3.63) is 59.4 Å². The van der Waals surface area contributed by atoms with Gasteiger partial charge in [-0.15, -0.1) is 0 Å². The predicted molar refractivity (Wildman–Crippen MR) is 183 cm³/mol. The van der Waals surface area contributed by atoms with Crippen LogP contribution in [0.15, 0.2) is 40.9 Å². The number of halogens is 1. The van der Waals surface area contributed by atoms with Crippen molar-refractivity contribution in [1.82, 2.24) is 35.4 Å². The van der Waals surface area contributed by atoms with Gasteiger partial charge in [-0.2, -0.15) is 0 Å². The van der Waals surface area contributed by atoms with Crippen molar-refractivity contribution < 1.29 is 41.2 Å². The summed E-state index contributed by atoms with van der Waals surface area (Å²) in [5.41, 5.74) is -0.849. The first-order valence-electron chi connectivity index (χ1n) is 17.5. The first-order valence-corrected chi connectivity index (χ1v) is 19.1. The van der Waals surface area contributed by atoms with Crippen molar-refractivity contribution in [3.63, 3.8) is 0 Å². The summed E-state index contributed by atoms with van der Waals surface area (Å²) in [5, 5.41) is 8.71. The maximum atomic E-state index is 14.7. The molecule has 2 aliphatic heterocycles. The van der Waals surface area contributed by atoms with E-state index in [4.69, 9.17) is 9.26 Å². The second-order valence-corrected chi connectivity index (χ2v) is 16.0. The summed E-state index contributed by atoms with van der Waals surface area (Å²) in [6.45, 7) is 3.17. The molecule has 15 nitrogen and oxygen atoms in total. The van der Waals surface area contributed by atoms with Crippen molar-refractivity contribution in [2.24, 2.45) is 5.92 Å². The Morgan fingerprint density at radius 1 is 1.12 bits per heavy atom. The average molecular weight is 738 g/mol. The molecular formula is C35H40FN7O8S. The van der Waals surface area contributed by atoms with E-state index < -0.39 is 74.4 Å². The number of aromatic nitrogens is 3. The number of carbonyl (C=O) groups is 4. The second kappa shape index (κ2) is 13.9. The molecule has 3 fully saturated rings. The summed E-state index contributed by atoms with van der Waals surface area (Å²) in [4.78, 5) is 65.6. The third kappa shape index (κ3) is 7.22. The van der Waals surface area contributed by atoms with Gasteiger partial charge in [-0.05, 0) is 64.5 Å². The minimum atomic E-state index is -3.91. The summed E-state index contributed by atoms with van der Waals surface area (Å²) < 4.78 is 53.7. The van der Waals surface area contributed by atoms with Gasteiger partial charge in [-0.3, -0.25) is 23.9 Å². The van der Waals surface area contributed by atoms with Gasteiger partial charge < -0.3 is 24.8 Å². The van der Waals surface area contributed by atoms with Gasteiger partial charge in [0, 0.05) is 18.4 Å². The van der Waals surface area contributed by atoms with Gasteiger partial charge in [0.15, 0.2) is 11.5 Å². The molecule has 3 N–H and O–H groups in total. The molecule has 0 radical (unpaired) electrons. The molecule has 0 bridgehead atoms. The van der Waals surface area contributed by atoms with E-state index in [-0.39, 0.29) is 42.9 Å². The fourth-order valence-electron chi connectivity index (χ4n) is 6.94. The number of hydrogen-bond acceptors (Lipinski definition) is 11. The highest BCUT2D eigenvalue weighted by Crippen LogP contribution is 2.46. The molecule has 3 aromatic rings. The Bertz CT molecular complexity index is 2070. The minimum Gasteiger partial charge on any atom is -0.471 e. The number of benzene rings is 1. The van der Waals surface area contributed by atoms with Crippen LogP contribution in [0.4, 0.5) is 4.39 Å². The number of hydrogen-bond donors (Lipinski definition) is 3. The summed E-state index contributed by atoms with van der Waals surface area (Å²) in [6, 6.07) is 3.61. The van der Waals surface area contributed by atoms with Crippen LogP contribution >= 0.6 is 0 Å². The molecule has 1 saturated heterocycles. The number of fused-ring (bicyclic) bond motifs is 3. The molecule has 276 valence electrons. The van der Waals surface area contributed by atoms with E-state index >= 15 is 0 Å². The average Bonchev–Trinajstić information content (AvgIpc) is 3.99. The van der Waals surface area contributed by atoms with Crippen LogP contribution in [0.2, 0.25) is 0 Å². The number of ether oxygens (including phenoxy) is 1. The molecule has 4 aliphatic rings. The van der Waals surface area contributed by atoms with Gasteiger partial charge in [0.1, 0.15) is 40.7 Å². The third-order valence-corrected chi connectivity index (χ3v) is 11.9. The molecule has 5 atom stereocenters. The molecule has 0 spiro atoms. The number of sulfonamides is 1. The molecule has 7 rings (SSSR count). The number of carbonyl (C=O) groups excluding carboxylic acids is 4. The van der Waals surface area contributed by atoms with Gasteiger partial charge >= 0.3 is 0 Å². The topological polar surface area (TPSA) is 203 Å². The van der Waals surface area contributed by atoms with Crippen LogP contribution in [-0.2, 0) is 24.4 Å². The van der Waals surface area contributed by atoms with Crippen molar-refractivity contribution in [1.29, 1.82) is 0 Å². The van der Waals surface area contributed by atoms with E-state index in [2.05, 4.69) is 30.5 Å². The number of nitrogens with one attached hydrogen (secondary N) is 3. The number of rotatable bonds is 7. The van der Waals surface area contributed by atoms with E-state index in [0.29, 0.717) is 42.7 Å². The monoisotopic (exact) mass is 737 g/mol. The Hall–Kier alpha value is -4.93. The number of para-hydroxylation sites is 1. The van der Waals surface area contributed by atoms with E-state index in [1.165, 1.54) is 23.1 Å². The summed E-state index contributed by atoms with van der Waals surface area (Å²) in [5.74, 6) is -3.30. The van der Waals surface area contributed by atoms with Crippen LogP contribution in [0.1, 0.15) is 79.7 Å². The lowest BCUT2D eigenvalue weighted by atomic mass is 10.0. The smallest absolute Gasteiger partial charge is 0.274 e. The van der Waals surface area contributed by atoms with Gasteiger partial charge in [0.05, 0.1) is 17.3 Å². The maximum Gasteiger partial charge on any atom is 0.274 e. The van der Waals surface area contributed by atoms with Crippen LogP contribution in [-0.4, -0.2) is 87.6 Å². The predicted octanol–water partition coefficient (Wildman–Crippen LogP) is 2.52. The number of nitrogens with zero attached hydrogens (tertiary/aromatic N) is 4. The molecule has 4 heterocycles. The minimum absolute atomic E-state index is 0.00225. The maximum absolute atomic E-state index is 14.7. The highest BCUT2D eigenvalue weighted by atomic mass is 32.2. The Morgan fingerprint density at radius 2 is 1.92 bits per heavy atom. The standard InChI is InChI=1S/C35H40FN7O8S/c1-19-15-27(41-51-19)30(44)38-26-11-7-5-3-4-6-9-21-17-35(21,34(47)42-52(48,49)23-13-14-23)40-31(45)28-16-22(18-43(28)33(26)46)50-32-20(2)37-25-12-8-10-24(36)29(25)39-32/h6,8-10,12,15,21-23,26,28H,3-5,7,11,13-14,16-18H2,1-2H3,(H,38,44)(H,40,45)(H,42,47)/b9-6-/t21-,22-,26+,28+,35-/m1/s1. The van der Waals surface area contributed by atoms with Crippen LogP contribution in [0.3, 0.4) is 0 Å². The molecule has 4 amide bonds. The summed E-state index contributed by atoms with van der Waals surface area (Å²) in [6.07, 6.45) is 6.97. The molecule has 2 aliphatic carbocycles. The fourth-order valence-corrected chi connectivity index (χ4v) is 8.30. The lowest BCUT2D eigenvalue weighted by molar-refractivity contribution is -0.141. The zero-order chi connectivity index (χ0) is 36.8. The quantitative estimate of drug-likeness (QED) is 0.301. The van der Waals surface area contributed by atoms with Gasteiger partial charge in [0.25, 0.3) is 11.8 Å². The first-order chi connectivity index (χ1) is 24.8. The second-order valence-electron chi connectivity index (χ2n) is 14.1. The summed E-state index contributed by atoms with van der Waals surface area (Å²) in [7, 11) is -3.91. The molecular weight excluding hydrogens is 697 g/mol. The Morgan fingerprint density at radius 3 is 2.67 bits per heavy atom. The van der Waals surface area contributed by atoms with E-state index in [0.717, 1.165) is 12.8 Å². The largest absolute Gasteiger partial charge is 0.471 e. The van der Waals surface area contributed by atoms with Crippen molar-refractivity contribution in [3.8, 4) is 5.88 Å². The van der Waals surface area contributed by atoms with E-state index in [1.54, 1.807) is 19.9 Å². The van der Waals surface area contributed by atoms with Crippen molar-refractivity contribution >= 4 is 44.7 Å². The van der Waals surface area contributed by atoms with Gasteiger partial charge in [-0.1, -0.05) is 36.2 Å². The molecule has 1 aromatic carbocycles. The SMILES string of the molecule is Cc1cc(C(=O)N[C@H]2CCCCC/C=C\[C@@H]3C[C@@]3(C(=O)NS(=O)(=O)C3CC3)NC(=O)[C@@H]3C[C@@H](Oc4nc5c(F)cccc5nc4C)CN3C2=O)no1. The highest BCUT2D eigenvalue weighted by molar-refractivity contribution is 7.91. The Balaban J connectivity index is 1.20. The molecule has 2 saturated carbocycles. The van der Waals surface area contributed by atoms with Crippen LogP contribution in [0.25, 0.3) is 11.0 Å². The first kappa shape index (κ1) is 35.5.